The molecule has 26 heavy (non-hydrogen) atoms. The Labute approximate surface area is 153 Å². The average Bonchev–Trinajstić information content (AvgIpc) is 2.86. The number of rotatable bonds is 2. The summed E-state index contributed by atoms with van der Waals surface area (Å²) in [6.45, 7) is 2.77. The minimum absolute atomic E-state index is 0.00477. The van der Waals surface area contributed by atoms with E-state index < -0.39 is 29.6 Å². The lowest BCUT2D eigenvalue weighted by Crippen LogP contribution is -2.61. The number of halogens is 1. The van der Waals surface area contributed by atoms with Gasteiger partial charge in [-0.25, -0.2) is 4.39 Å². The van der Waals surface area contributed by atoms with Crippen LogP contribution in [0.5, 0.6) is 0 Å². The molecule has 4 aliphatic rings. The van der Waals surface area contributed by atoms with E-state index in [1.165, 1.54) is 0 Å². The zero-order chi connectivity index (χ0) is 18.9. The van der Waals surface area contributed by atoms with Crippen molar-refractivity contribution in [1.82, 2.24) is 0 Å². The number of Topliss-reactive ketones (excluding diaryl/α,β-unsaturated/α-hetero) is 1. The van der Waals surface area contributed by atoms with Gasteiger partial charge in [0.05, 0.1) is 6.10 Å². The Morgan fingerprint density at radius 2 is 2.08 bits per heavy atom. The van der Waals surface area contributed by atoms with Gasteiger partial charge in [-0.3, -0.25) is 9.59 Å². The topological polar surface area (TPSA) is 74.6 Å². The Morgan fingerprint density at radius 1 is 1.35 bits per heavy atom. The summed E-state index contributed by atoms with van der Waals surface area (Å²) in [5.74, 6) is -0.590. The van der Waals surface area contributed by atoms with Crippen molar-refractivity contribution in [3.63, 3.8) is 0 Å². The predicted octanol–water partition coefficient (Wildman–Crippen LogP) is 2.53. The van der Waals surface area contributed by atoms with Gasteiger partial charge in [-0.1, -0.05) is 25.5 Å². The normalized spacial score (nSPS) is 49.9. The molecule has 0 radical (unpaired) electrons. The van der Waals surface area contributed by atoms with Crippen LogP contribution in [0.4, 0.5) is 4.39 Å². The lowest BCUT2D eigenvalue weighted by molar-refractivity contribution is -0.177. The van der Waals surface area contributed by atoms with E-state index in [0.29, 0.717) is 6.42 Å². The minimum atomic E-state index is -1.69. The van der Waals surface area contributed by atoms with Crippen molar-refractivity contribution in [2.75, 3.05) is 6.67 Å². The Hall–Kier alpha value is -1.33. The van der Waals surface area contributed by atoms with Crippen LogP contribution in [-0.4, -0.2) is 40.2 Å². The van der Waals surface area contributed by atoms with Crippen molar-refractivity contribution in [2.24, 2.45) is 28.6 Å². The minimum Gasteiger partial charge on any atom is -0.393 e. The van der Waals surface area contributed by atoms with Crippen molar-refractivity contribution in [1.29, 1.82) is 0 Å². The molecule has 0 amide bonds. The number of hydrogen-bond acceptors (Lipinski definition) is 4. The average molecular weight is 362 g/mol. The monoisotopic (exact) mass is 362 g/mol. The highest BCUT2D eigenvalue weighted by atomic mass is 19.1. The molecular weight excluding hydrogens is 335 g/mol. The molecule has 0 aromatic carbocycles. The first-order valence-corrected chi connectivity index (χ1v) is 9.61. The highest BCUT2D eigenvalue weighted by molar-refractivity contribution is 6.01. The molecule has 0 bridgehead atoms. The first-order valence-electron chi connectivity index (χ1n) is 9.61. The second-order valence-electron chi connectivity index (χ2n) is 9.17. The third kappa shape index (κ3) is 2.07. The van der Waals surface area contributed by atoms with Gasteiger partial charge in [0.1, 0.15) is 5.60 Å². The van der Waals surface area contributed by atoms with Gasteiger partial charge < -0.3 is 10.2 Å². The van der Waals surface area contributed by atoms with Crippen LogP contribution in [0.15, 0.2) is 23.8 Å². The lowest BCUT2D eigenvalue weighted by atomic mass is 9.46. The highest BCUT2D eigenvalue weighted by Gasteiger charge is 2.68. The molecule has 5 heteroatoms. The number of hydrogen-bond donors (Lipinski definition) is 2. The van der Waals surface area contributed by atoms with E-state index in [2.05, 4.69) is 6.92 Å². The van der Waals surface area contributed by atoms with Gasteiger partial charge in [0, 0.05) is 16.7 Å². The van der Waals surface area contributed by atoms with E-state index in [0.717, 1.165) is 18.4 Å². The molecule has 7 atom stereocenters. The van der Waals surface area contributed by atoms with Crippen LogP contribution in [0, 0.1) is 28.6 Å². The molecular formula is C21H27FO4. The quantitative estimate of drug-likeness (QED) is 0.792. The summed E-state index contributed by atoms with van der Waals surface area (Å²) >= 11 is 0. The summed E-state index contributed by atoms with van der Waals surface area (Å²) in [5.41, 5.74) is -1.79. The van der Waals surface area contributed by atoms with Gasteiger partial charge in [0.15, 0.2) is 18.2 Å². The van der Waals surface area contributed by atoms with Crippen LogP contribution in [0.2, 0.25) is 0 Å². The fourth-order valence-corrected chi connectivity index (χ4v) is 6.90. The Morgan fingerprint density at radius 3 is 2.77 bits per heavy atom. The molecule has 4 aliphatic carbocycles. The number of aliphatic hydroxyl groups excluding tert-OH is 1. The molecule has 4 rings (SSSR count). The summed E-state index contributed by atoms with van der Waals surface area (Å²) in [5, 5.41) is 22.2. The van der Waals surface area contributed by atoms with Gasteiger partial charge in [-0.05, 0) is 56.1 Å². The van der Waals surface area contributed by atoms with Crippen molar-refractivity contribution in [2.45, 2.75) is 57.7 Å². The van der Waals surface area contributed by atoms with Gasteiger partial charge in [-0.15, -0.1) is 0 Å². The highest BCUT2D eigenvalue weighted by Crippen LogP contribution is 2.67. The molecule has 4 nitrogen and oxygen atoms in total. The Kier molecular flexibility index (Phi) is 3.88. The number of allylic oxidation sites excluding steroid dienone is 4. The molecule has 0 spiro atoms. The number of aliphatic hydroxyl groups is 2. The number of carbonyl (C=O) groups excluding carboxylic acids is 2. The predicted molar refractivity (Wildman–Crippen MR) is 93.9 cm³/mol. The van der Waals surface area contributed by atoms with Crippen LogP contribution in [0.3, 0.4) is 0 Å². The number of carbonyl (C=O) groups is 2. The van der Waals surface area contributed by atoms with Crippen molar-refractivity contribution in [3.8, 4) is 0 Å². The van der Waals surface area contributed by atoms with Crippen molar-refractivity contribution < 1.29 is 24.2 Å². The van der Waals surface area contributed by atoms with Crippen LogP contribution in [0.1, 0.15) is 46.0 Å². The second-order valence-corrected chi connectivity index (χ2v) is 9.17. The van der Waals surface area contributed by atoms with E-state index in [-0.39, 0.29) is 41.8 Å². The molecule has 2 N–H and O–H groups in total. The number of alkyl halides is 1. The zero-order valence-electron chi connectivity index (χ0n) is 15.4. The molecule has 3 fully saturated rings. The number of ketones is 2. The molecule has 0 aliphatic heterocycles. The molecule has 0 unspecified atom stereocenters. The Bertz CT molecular complexity index is 728. The SMILES string of the molecule is C[C@]12C=CC(=O)C=C1CC[C@@H]1[C@@H]2[C@H](O)C[C@@]2(C)[C@H]1CC[C@]2(O)C(=O)CF. The second kappa shape index (κ2) is 5.59. The first-order chi connectivity index (χ1) is 12.2. The maximum Gasteiger partial charge on any atom is 0.195 e. The van der Waals surface area contributed by atoms with Gasteiger partial charge >= 0.3 is 0 Å². The van der Waals surface area contributed by atoms with Gasteiger partial charge in [-0.2, -0.15) is 0 Å². The summed E-state index contributed by atoms with van der Waals surface area (Å²) in [4.78, 5) is 24.0. The molecule has 3 saturated carbocycles. The number of fused-ring (bicyclic) bond motifs is 5. The van der Waals surface area contributed by atoms with Crippen LogP contribution in [-0.2, 0) is 9.59 Å². The zero-order valence-corrected chi connectivity index (χ0v) is 15.4. The van der Waals surface area contributed by atoms with Crippen molar-refractivity contribution >= 4 is 11.6 Å². The largest absolute Gasteiger partial charge is 0.393 e. The van der Waals surface area contributed by atoms with Gasteiger partial charge in [0.2, 0.25) is 0 Å². The molecule has 0 saturated heterocycles. The summed E-state index contributed by atoms with van der Waals surface area (Å²) in [6, 6.07) is 0. The smallest absolute Gasteiger partial charge is 0.195 e. The maximum absolute atomic E-state index is 13.1. The third-order valence-electron chi connectivity index (χ3n) is 8.23. The Balaban J connectivity index is 1.75. The molecule has 0 aromatic heterocycles. The maximum atomic E-state index is 13.1. The summed E-state index contributed by atoms with van der Waals surface area (Å²) < 4.78 is 13.1. The third-order valence-corrected chi connectivity index (χ3v) is 8.23. The standard InChI is InChI=1S/C21H27FO4/c1-19-7-5-13(23)9-12(19)3-4-14-15-6-8-21(26,17(25)11-22)20(15,2)10-16(24)18(14)19/h5,7,9,14-16,18,24,26H,3-4,6,8,10-11H2,1-2H3/t14-,15-,16+,18+,19-,20-,21-/m0/s1. The van der Waals surface area contributed by atoms with E-state index >= 15 is 0 Å². The summed E-state index contributed by atoms with van der Waals surface area (Å²) in [6.07, 6.45) is 7.34. The fraction of sp³-hybridized carbons (Fsp3) is 0.714. The molecule has 142 valence electrons. The first kappa shape index (κ1) is 18.1. The van der Waals surface area contributed by atoms with E-state index in [1.807, 2.05) is 13.0 Å². The summed E-state index contributed by atoms with van der Waals surface area (Å²) in [7, 11) is 0. The van der Waals surface area contributed by atoms with Crippen LogP contribution >= 0.6 is 0 Å². The lowest BCUT2D eigenvalue weighted by Gasteiger charge is -2.59. The fourth-order valence-electron chi connectivity index (χ4n) is 6.90. The van der Waals surface area contributed by atoms with E-state index in [4.69, 9.17) is 0 Å². The van der Waals surface area contributed by atoms with E-state index in [1.54, 1.807) is 12.2 Å². The molecule has 0 aromatic rings. The van der Waals surface area contributed by atoms with Crippen molar-refractivity contribution in [3.05, 3.63) is 23.8 Å². The van der Waals surface area contributed by atoms with Gasteiger partial charge in [0.25, 0.3) is 0 Å². The van der Waals surface area contributed by atoms with Crippen LogP contribution < -0.4 is 0 Å². The molecule has 0 heterocycles. The van der Waals surface area contributed by atoms with E-state index in [9.17, 15) is 24.2 Å². The van der Waals surface area contributed by atoms with Crippen LogP contribution in [0.25, 0.3) is 0 Å².